The molecule has 2 aromatic carbocycles. The first kappa shape index (κ1) is 38.9. The minimum atomic E-state index is -0.970. The van der Waals surface area contributed by atoms with Crippen molar-refractivity contribution in [2.75, 3.05) is 49.1 Å². The Kier molecular flexibility index (Phi) is 10.5. The van der Waals surface area contributed by atoms with Gasteiger partial charge in [0.15, 0.2) is 11.5 Å². The maximum Gasteiger partial charge on any atom is 0.272 e. The summed E-state index contributed by atoms with van der Waals surface area (Å²) in [6.07, 6.45) is 7.62. The van der Waals surface area contributed by atoms with E-state index in [0.29, 0.717) is 39.3 Å². The molecule has 3 aromatic rings. The lowest BCUT2D eigenvalue weighted by Gasteiger charge is -2.57. The van der Waals surface area contributed by atoms with Gasteiger partial charge in [-0.15, -0.1) is 10.2 Å². The van der Waals surface area contributed by atoms with Crippen molar-refractivity contribution in [1.82, 2.24) is 30.6 Å². The monoisotopic (exact) mass is 819 g/mol. The summed E-state index contributed by atoms with van der Waals surface area (Å²) in [5.74, 6) is -0.737. The molecular formula is C43H46ClN9O6. The Labute approximate surface area is 347 Å². The standard InChI is InChI=1S/C43H46ClN9O6/c1-45-34-9-7-30(23-33(34)44)59-29-5-2-26(3-6-29)46-39(55)35-10-12-37(49-48-35)51-18-14-27(15-19-51)52-24-43(25-52)16-20-50(21-17-43)28-4-8-31-32(22-28)42(58)53(41(31)57)36-11-13-38(54)47-40(36)56/h4,7-10,12,22-23,26-27,29,36H,2-3,5-6,11,13-21,24-25H2,(H,46,55)(H,47,54,56). The lowest BCUT2D eigenvalue weighted by Crippen LogP contribution is -2.64. The van der Waals surface area contributed by atoms with Gasteiger partial charge in [-0.2, -0.15) is 0 Å². The number of ether oxygens (including phenoxy) is 1. The number of fused-ring (bicyclic) bond motifs is 1. The summed E-state index contributed by atoms with van der Waals surface area (Å²) in [4.78, 5) is 75.2. The zero-order valence-corrected chi connectivity index (χ0v) is 33.5. The summed E-state index contributed by atoms with van der Waals surface area (Å²) < 4.78 is 6.09. The Balaban J connectivity index is 0.699. The van der Waals surface area contributed by atoms with Crippen molar-refractivity contribution in [1.29, 1.82) is 0 Å². The number of anilines is 2. The number of amides is 5. The van der Waals surface area contributed by atoms with Crippen molar-refractivity contribution in [2.45, 2.75) is 88.4 Å². The molecule has 15 nitrogen and oxygen atoms in total. The van der Waals surface area contributed by atoms with Gasteiger partial charge in [-0.25, -0.2) is 4.85 Å². The van der Waals surface area contributed by atoms with E-state index < -0.39 is 23.8 Å². The van der Waals surface area contributed by atoms with E-state index in [1.165, 1.54) is 0 Å². The van der Waals surface area contributed by atoms with Crippen LogP contribution in [0.15, 0.2) is 48.5 Å². The highest BCUT2D eigenvalue weighted by molar-refractivity contribution is 6.33. The molecule has 5 fully saturated rings. The number of rotatable bonds is 8. The molecule has 6 heterocycles. The van der Waals surface area contributed by atoms with Gasteiger partial charge in [-0.3, -0.25) is 39.1 Å². The number of benzene rings is 2. The van der Waals surface area contributed by atoms with Crippen molar-refractivity contribution in [3.63, 3.8) is 0 Å². The van der Waals surface area contributed by atoms with Gasteiger partial charge < -0.3 is 19.9 Å². The van der Waals surface area contributed by atoms with Gasteiger partial charge in [0.1, 0.15) is 11.8 Å². The number of imide groups is 2. The molecule has 0 radical (unpaired) electrons. The number of piperidine rings is 3. The fourth-order valence-corrected chi connectivity index (χ4v) is 10.0. The number of halogens is 1. The van der Waals surface area contributed by atoms with E-state index in [1.807, 2.05) is 12.1 Å². The molecule has 0 bridgehead atoms. The topological polar surface area (TPSA) is 162 Å². The number of carbonyl (C=O) groups is 5. The fourth-order valence-electron chi connectivity index (χ4n) is 9.79. The van der Waals surface area contributed by atoms with Crippen molar-refractivity contribution >= 4 is 58.3 Å². The van der Waals surface area contributed by atoms with Crippen LogP contribution in [0.2, 0.25) is 5.02 Å². The predicted octanol–water partition coefficient (Wildman–Crippen LogP) is 4.77. The highest BCUT2D eigenvalue weighted by atomic mass is 35.5. The molecule has 2 N–H and O–H groups in total. The van der Waals surface area contributed by atoms with Crippen LogP contribution < -0.4 is 25.2 Å². The second-order valence-corrected chi connectivity index (χ2v) is 17.3. The summed E-state index contributed by atoms with van der Waals surface area (Å²) in [5, 5.41) is 14.5. The molecule has 1 aliphatic carbocycles. The maximum atomic E-state index is 13.4. The smallest absolute Gasteiger partial charge is 0.272 e. The second kappa shape index (κ2) is 15.9. The predicted molar refractivity (Wildman–Crippen MR) is 218 cm³/mol. The van der Waals surface area contributed by atoms with Crippen LogP contribution in [-0.2, 0) is 9.59 Å². The lowest BCUT2D eigenvalue weighted by atomic mass is 9.70. The normalized spacial score (nSPS) is 24.7. The zero-order chi connectivity index (χ0) is 40.8. The van der Waals surface area contributed by atoms with Gasteiger partial charge >= 0.3 is 0 Å². The van der Waals surface area contributed by atoms with Crippen LogP contribution in [0, 0.1) is 12.0 Å². The Morgan fingerprint density at radius 1 is 0.847 bits per heavy atom. The Morgan fingerprint density at radius 3 is 2.27 bits per heavy atom. The fraction of sp³-hybridized carbons (Fsp3) is 0.488. The largest absolute Gasteiger partial charge is 0.490 e. The van der Waals surface area contributed by atoms with Crippen LogP contribution in [0.25, 0.3) is 4.85 Å². The first-order valence-electron chi connectivity index (χ1n) is 20.6. The van der Waals surface area contributed by atoms with E-state index in [1.54, 1.807) is 36.4 Å². The molecule has 4 saturated heterocycles. The molecule has 5 amide bonds. The van der Waals surface area contributed by atoms with E-state index in [4.69, 9.17) is 22.9 Å². The van der Waals surface area contributed by atoms with Crippen LogP contribution in [-0.4, -0.2) is 113 Å². The van der Waals surface area contributed by atoms with E-state index >= 15 is 0 Å². The van der Waals surface area contributed by atoms with Gasteiger partial charge in [-0.05, 0) is 106 Å². The number of nitrogens with zero attached hydrogens (tertiary/aromatic N) is 7. The van der Waals surface area contributed by atoms with Gasteiger partial charge in [0.25, 0.3) is 17.7 Å². The molecule has 1 unspecified atom stereocenters. The van der Waals surface area contributed by atoms with E-state index in [2.05, 4.69) is 40.4 Å². The van der Waals surface area contributed by atoms with Gasteiger partial charge in [0, 0.05) is 63.5 Å². The van der Waals surface area contributed by atoms with Crippen LogP contribution in [0.5, 0.6) is 5.75 Å². The highest BCUT2D eigenvalue weighted by Crippen LogP contribution is 2.44. The zero-order valence-electron chi connectivity index (χ0n) is 32.7. The van der Waals surface area contributed by atoms with Crippen LogP contribution in [0.3, 0.4) is 0 Å². The average Bonchev–Trinajstić information content (AvgIpc) is 3.48. The molecule has 16 heteroatoms. The average molecular weight is 820 g/mol. The third-order valence-electron chi connectivity index (χ3n) is 13.2. The summed E-state index contributed by atoms with van der Waals surface area (Å²) in [6.45, 7) is 12.8. The van der Waals surface area contributed by atoms with E-state index in [9.17, 15) is 24.0 Å². The number of nitrogens with one attached hydrogen (secondary N) is 2. The third kappa shape index (κ3) is 7.71. The molecule has 1 atom stereocenters. The molecule has 6 aliphatic rings. The number of carbonyl (C=O) groups excluding carboxylic acids is 5. The van der Waals surface area contributed by atoms with Crippen LogP contribution >= 0.6 is 11.6 Å². The Hall–Kier alpha value is -5.59. The number of aromatic nitrogens is 2. The number of hydrogen-bond donors (Lipinski definition) is 2. The maximum absolute atomic E-state index is 13.4. The lowest BCUT2D eigenvalue weighted by molar-refractivity contribution is -0.136. The summed E-state index contributed by atoms with van der Waals surface area (Å²) in [7, 11) is 0. The molecule has 9 rings (SSSR count). The van der Waals surface area contributed by atoms with Crippen LogP contribution in [0.1, 0.15) is 95.4 Å². The molecular weight excluding hydrogens is 774 g/mol. The van der Waals surface area contributed by atoms with Gasteiger partial charge in [-0.1, -0.05) is 17.7 Å². The summed E-state index contributed by atoms with van der Waals surface area (Å²) in [5.41, 5.74) is 2.52. The molecule has 59 heavy (non-hydrogen) atoms. The minimum Gasteiger partial charge on any atom is -0.490 e. The minimum absolute atomic E-state index is 0.0269. The number of likely N-dealkylation sites (tertiary alicyclic amines) is 1. The second-order valence-electron chi connectivity index (χ2n) is 16.9. The third-order valence-corrected chi connectivity index (χ3v) is 13.5. The van der Waals surface area contributed by atoms with Gasteiger partial charge in [0.2, 0.25) is 17.5 Å². The Bertz CT molecular complexity index is 2210. The first-order valence-corrected chi connectivity index (χ1v) is 21.0. The Morgan fingerprint density at radius 2 is 1.59 bits per heavy atom. The van der Waals surface area contributed by atoms with Crippen molar-refractivity contribution in [3.05, 3.63) is 81.8 Å². The van der Waals surface area contributed by atoms with Crippen LogP contribution in [0.4, 0.5) is 17.2 Å². The molecule has 306 valence electrons. The van der Waals surface area contributed by atoms with Crippen molar-refractivity contribution in [2.24, 2.45) is 5.41 Å². The summed E-state index contributed by atoms with van der Waals surface area (Å²) in [6, 6.07) is 13.7. The molecule has 1 saturated carbocycles. The molecule has 5 aliphatic heterocycles. The molecule has 1 spiro atoms. The van der Waals surface area contributed by atoms with Crippen molar-refractivity contribution < 1.29 is 28.7 Å². The van der Waals surface area contributed by atoms with Crippen molar-refractivity contribution in [3.8, 4) is 5.75 Å². The first-order chi connectivity index (χ1) is 28.6. The molecule has 1 aromatic heterocycles. The SMILES string of the molecule is [C-]#[N+]c1ccc(OC2CCC(NC(=O)c3ccc(N4CCC(N5CC6(CCN(c7ccc8c(c7)C(=O)N(C7CCC(=O)NC7=O)C8=O)CC6)C5)CC4)nn3)CC2)cc1Cl. The van der Waals surface area contributed by atoms with Gasteiger partial charge in [0.05, 0.1) is 28.8 Å². The number of hydrogen-bond acceptors (Lipinski definition) is 11. The quantitative estimate of drug-likeness (QED) is 0.238. The van der Waals surface area contributed by atoms with E-state index in [0.717, 1.165) is 107 Å². The van der Waals surface area contributed by atoms with E-state index in [-0.39, 0.29) is 42.2 Å². The highest BCUT2D eigenvalue weighted by Gasteiger charge is 2.48. The summed E-state index contributed by atoms with van der Waals surface area (Å²) >= 11 is 6.16.